The van der Waals surface area contributed by atoms with E-state index in [0.717, 1.165) is 89.9 Å². The number of amides is 2. The molecule has 0 aliphatic heterocycles. The summed E-state index contributed by atoms with van der Waals surface area (Å²) in [7, 11) is 0. The first-order valence-corrected chi connectivity index (χ1v) is 35.7. The molecule has 0 unspecified atom stereocenters. The third-order valence-corrected chi connectivity index (χ3v) is 14.2. The summed E-state index contributed by atoms with van der Waals surface area (Å²) in [5, 5.41) is 28.2. The number of carboxylic acid groups (broad SMARTS) is 2. The Morgan fingerprint density at radius 2 is 0.506 bits per heavy atom. The number of carboxylic acids is 2. The number of aliphatic hydroxyl groups is 1. The van der Waals surface area contributed by atoms with Gasteiger partial charge in [-0.15, -0.1) is 0 Å². The van der Waals surface area contributed by atoms with E-state index < -0.39 is 11.9 Å². The van der Waals surface area contributed by atoms with E-state index in [1.54, 1.807) is 0 Å². The number of carbonyl (C=O) groups excluding carboxylic acids is 2. The molecule has 0 rings (SSSR count). The highest BCUT2D eigenvalue weighted by molar-refractivity contribution is 5.75. The minimum atomic E-state index is -0.712. The molecule has 0 aromatic rings. The van der Waals surface area contributed by atoms with Gasteiger partial charge in [0, 0.05) is 32.2 Å². The second-order valence-corrected chi connectivity index (χ2v) is 23.0. The average Bonchev–Trinajstić information content (AvgIpc) is 3.50. The van der Waals surface area contributed by atoms with Crippen molar-refractivity contribution in [2.45, 2.75) is 336 Å². The van der Waals surface area contributed by atoms with Gasteiger partial charge in [-0.05, 0) is 154 Å². The van der Waals surface area contributed by atoms with Crippen molar-refractivity contribution in [3.8, 4) is 0 Å². The van der Waals surface area contributed by atoms with Crippen molar-refractivity contribution >= 4 is 23.8 Å². The smallest absolute Gasteiger partial charge is 0.303 e. The molecule has 0 bridgehead atoms. The molecule has 0 aliphatic carbocycles. The van der Waals surface area contributed by atoms with Crippen molar-refractivity contribution < 1.29 is 34.5 Å². The van der Waals surface area contributed by atoms with E-state index in [4.69, 9.17) is 21.1 Å². The lowest BCUT2D eigenvalue weighted by molar-refractivity contribution is -0.138. The molecule has 6 N–H and O–H groups in total. The number of primary amides is 1. The molecular weight excluding hydrogens is 1080 g/mol. The Balaban J connectivity index is -0.000000530. The maximum absolute atomic E-state index is 11.3. The number of aliphatic hydroxyl groups excluding tert-OH is 1. The van der Waals surface area contributed by atoms with Gasteiger partial charge in [0.25, 0.3) is 0 Å². The summed E-state index contributed by atoms with van der Waals surface area (Å²) in [4.78, 5) is 42.5. The zero-order valence-corrected chi connectivity index (χ0v) is 57.0. The maximum Gasteiger partial charge on any atom is 0.303 e. The van der Waals surface area contributed by atoms with Crippen LogP contribution in [-0.4, -0.2) is 52.2 Å². The van der Waals surface area contributed by atoms with Gasteiger partial charge in [-0.1, -0.05) is 278 Å². The normalized spacial score (nSPS) is 11.8. The predicted octanol–water partition coefficient (Wildman–Crippen LogP) is 23.1. The molecule has 0 saturated heterocycles. The van der Waals surface area contributed by atoms with Crippen LogP contribution in [-0.2, 0) is 19.2 Å². The first-order valence-electron chi connectivity index (χ1n) is 35.7. The first kappa shape index (κ1) is 88.7. The monoisotopic (exact) mass is 1220 g/mol. The van der Waals surface area contributed by atoms with E-state index in [2.05, 4.69) is 155 Å². The Morgan fingerprint density at radius 3 is 0.805 bits per heavy atom. The predicted molar refractivity (Wildman–Crippen MR) is 380 cm³/mol. The molecular formula is C78H138N2O7. The topological polar surface area (TPSA) is 167 Å². The van der Waals surface area contributed by atoms with Gasteiger partial charge < -0.3 is 26.4 Å². The van der Waals surface area contributed by atoms with Crippen molar-refractivity contribution in [1.82, 2.24) is 5.32 Å². The third-order valence-electron chi connectivity index (χ3n) is 14.2. The molecule has 0 radical (unpaired) electrons. The van der Waals surface area contributed by atoms with Crippen molar-refractivity contribution in [2.24, 2.45) is 5.73 Å². The lowest BCUT2D eigenvalue weighted by Gasteiger charge is -2.00. The summed E-state index contributed by atoms with van der Waals surface area (Å²) in [6, 6.07) is 0. The van der Waals surface area contributed by atoms with Gasteiger partial charge in [0.2, 0.25) is 11.8 Å². The number of carbonyl (C=O) groups is 4. The lowest BCUT2D eigenvalue weighted by atomic mass is 10.1. The van der Waals surface area contributed by atoms with Crippen LogP contribution in [0.15, 0.2) is 122 Å². The number of nitrogens with two attached hydrogens (primary N) is 1. The zero-order valence-electron chi connectivity index (χ0n) is 57.0. The first-order chi connectivity index (χ1) is 42.6. The largest absolute Gasteiger partial charge is 0.481 e. The van der Waals surface area contributed by atoms with Gasteiger partial charge in [-0.2, -0.15) is 0 Å². The van der Waals surface area contributed by atoms with Crippen LogP contribution in [0.4, 0.5) is 0 Å². The SMILES string of the molecule is CCCCC/C=C\C/C=C\C/C=C\C/C=C\CCCC(=O)NCCO.CCCCC/C=C\C/C=C\C/C=C\C/C=C\CCCC(=O)O.CCCCCCCC/C=C\CCCCCCCC(=O)O.CCCCCCCC/C=C\CCCCCCCC(N)=O. The van der Waals surface area contributed by atoms with Gasteiger partial charge in [-0.3, -0.25) is 19.2 Å². The number of nitrogens with one attached hydrogen (secondary N) is 1. The Hall–Kier alpha value is -4.76. The minimum Gasteiger partial charge on any atom is -0.481 e. The summed E-state index contributed by atoms with van der Waals surface area (Å²) in [6.45, 7) is 9.34. The fraction of sp³-hybridized carbons (Fsp3) is 0.692. The van der Waals surface area contributed by atoms with Crippen LogP contribution in [0.1, 0.15) is 336 Å². The standard InChI is InChI=1S/C22H37NO2.C20H32O2.C18H35NO.C18H34O2/c1-2-3-4-5-6-7-8-9-10-11-12-13-14-15-16-17-18-19-22(25)23-20-21-24;1-2-3-4-5-6-7-8-9-10-11-12-13-14-15-16-17-18-19-20(21)22;2*1-2-3-4-5-6-7-8-9-10-11-12-13-14-15-16-17-18(19)20/h6-7,9-10,12-13,15-16,24H,2-5,8,11,14,17-21H2,1H3,(H,23,25);6-7,9-10,12-13,15-16H,2-5,8,11,14,17-19H2,1H3,(H,21,22);9-10H,2-8,11-17H2,1H3,(H2,19,20);9-10H,2-8,11-17H2,1H3,(H,19,20)/b2*7-6-,10-9-,13-12-,16-15-;2*10-9-. The molecule has 0 spiro atoms. The van der Waals surface area contributed by atoms with E-state index in [9.17, 15) is 19.2 Å². The molecule has 2 amide bonds. The third kappa shape index (κ3) is 101. The van der Waals surface area contributed by atoms with Crippen LogP contribution in [0.3, 0.4) is 0 Å². The van der Waals surface area contributed by atoms with Crippen molar-refractivity contribution in [3.05, 3.63) is 122 Å². The van der Waals surface area contributed by atoms with Gasteiger partial charge in [0.05, 0.1) is 6.61 Å². The summed E-state index contributed by atoms with van der Waals surface area (Å²) >= 11 is 0. The Bertz CT molecular complexity index is 1680. The summed E-state index contributed by atoms with van der Waals surface area (Å²) in [6.07, 6.45) is 98.5. The fourth-order valence-electron chi connectivity index (χ4n) is 8.87. The molecule has 9 heteroatoms. The Morgan fingerprint density at radius 1 is 0.287 bits per heavy atom. The van der Waals surface area contributed by atoms with Crippen LogP contribution in [0.25, 0.3) is 0 Å². The van der Waals surface area contributed by atoms with Gasteiger partial charge in [0.1, 0.15) is 0 Å². The second kappa shape index (κ2) is 85.4. The van der Waals surface area contributed by atoms with Gasteiger partial charge in [0.15, 0.2) is 0 Å². The molecule has 87 heavy (non-hydrogen) atoms. The highest BCUT2D eigenvalue weighted by atomic mass is 16.4. The number of hydrogen-bond donors (Lipinski definition) is 5. The van der Waals surface area contributed by atoms with Crippen LogP contribution in [0.2, 0.25) is 0 Å². The lowest BCUT2D eigenvalue weighted by Crippen LogP contribution is -2.25. The second-order valence-electron chi connectivity index (χ2n) is 23.0. The molecule has 0 aromatic heterocycles. The van der Waals surface area contributed by atoms with Crippen LogP contribution < -0.4 is 11.1 Å². The van der Waals surface area contributed by atoms with E-state index in [1.165, 1.54) is 193 Å². The number of unbranched alkanes of at least 4 members (excludes halogenated alkanes) is 30. The number of aliphatic carboxylic acids is 2. The minimum absolute atomic E-state index is 0.00289. The number of rotatable bonds is 60. The average molecular weight is 1220 g/mol. The van der Waals surface area contributed by atoms with E-state index >= 15 is 0 Å². The highest BCUT2D eigenvalue weighted by Crippen LogP contribution is 2.12. The molecule has 0 aliphatic rings. The van der Waals surface area contributed by atoms with Crippen LogP contribution in [0, 0.1) is 0 Å². The van der Waals surface area contributed by atoms with Crippen molar-refractivity contribution in [3.63, 3.8) is 0 Å². The summed E-state index contributed by atoms with van der Waals surface area (Å²) < 4.78 is 0. The highest BCUT2D eigenvalue weighted by Gasteiger charge is 1.99. The van der Waals surface area contributed by atoms with E-state index in [-0.39, 0.29) is 24.8 Å². The molecule has 0 heterocycles. The summed E-state index contributed by atoms with van der Waals surface area (Å²) in [5.74, 6) is -1.52. The van der Waals surface area contributed by atoms with Crippen LogP contribution in [0.5, 0.6) is 0 Å². The van der Waals surface area contributed by atoms with Gasteiger partial charge in [-0.25, -0.2) is 0 Å². The molecule has 0 fully saturated rings. The van der Waals surface area contributed by atoms with Gasteiger partial charge >= 0.3 is 11.9 Å². The number of allylic oxidation sites excluding steroid dienone is 20. The quantitative estimate of drug-likeness (QED) is 0.0298. The summed E-state index contributed by atoms with van der Waals surface area (Å²) in [5.41, 5.74) is 5.10. The van der Waals surface area contributed by atoms with Crippen LogP contribution >= 0.6 is 0 Å². The number of hydrogen-bond acceptors (Lipinski definition) is 5. The molecule has 502 valence electrons. The Labute approximate surface area is 537 Å². The van der Waals surface area contributed by atoms with Crippen molar-refractivity contribution in [1.29, 1.82) is 0 Å². The molecule has 9 nitrogen and oxygen atoms in total. The zero-order chi connectivity index (χ0) is 64.5. The molecule has 0 saturated carbocycles. The van der Waals surface area contributed by atoms with E-state index in [1.807, 2.05) is 0 Å². The fourth-order valence-corrected chi connectivity index (χ4v) is 8.87. The Kier molecular flexibility index (Phi) is 87.1. The molecule has 0 aromatic carbocycles. The van der Waals surface area contributed by atoms with E-state index in [0.29, 0.717) is 25.8 Å². The maximum atomic E-state index is 11.3. The van der Waals surface area contributed by atoms with Crippen molar-refractivity contribution in [2.75, 3.05) is 13.2 Å². The molecule has 0 atom stereocenters.